The highest BCUT2D eigenvalue weighted by Crippen LogP contribution is 2.04. The Morgan fingerprint density at radius 1 is 1.36 bits per heavy atom. The van der Waals surface area contributed by atoms with Crippen molar-refractivity contribution in [3.05, 3.63) is 23.8 Å². The number of rotatable bonds is 5. The monoisotopic (exact) mass is 198 g/mol. The quantitative estimate of drug-likeness (QED) is 0.520. The Kier molecular flexibility index (Phi) is 5.29. The number of allylic oxidation sites excluding steroid dienone is 3. The van der Waals surface area contributed by atoms with E-state index in [4.69, 9.17) is 10.2 Å². The lowest BCUT2D eigenvalue weighted by molar-refractivity contribution is -0.137. The van der Waals surface area contributed by atoms with Crippen LogP contribution in [-0.2, 0) is 9.59 Å². The van der Waals surface area contributed by atoms with Crippen LogP contribution >= 0.6 is 0 Å². The Bertz CT molecular complexity index is 276. The second-order valence-corrected chi connectivity index (χ2v) is 3.11. The minimum atomic E-state index is -0.972. The lowest BCUT2D eigenvalue weighted by atomic mass is 10.1. The van der Waals surface area contributed by atoms with E-state index in [1.54, 1.807) is 19.1 Å². The molecule has 4 nitrogen and oxygen atoms in total. The summed E-state index contributed by atoms with van der Waals surface area (Å²) in [6, 6.07) is 0. The Morgan fingerprint density at radius 3 is 2.36 bits per heavy atom. The fraction of sp³-hybridized carbons (Fsp3) is 0.400. The van der Waals surface area contributed by atoms with Gasteiger partial charge >= 0.3 is 11.9 Å². The zero-order valence-corrected chi connectivity index (χ0v) is 8.23. The van der Waals surface area contributed by atoms with Gasteiger partial charge in [0.15, 0.2) is 0 Å². The molecule has 0 saturated heterocycles. The Hall–Kier alpha value is -1.58. The molecule has 0 bridgehead atoms. The van der Waals surface area contributed by atoms with E-state index in [0.717, 1.165) is 0 Å². The molecule has 0 radical (unpaired) electrons. The molecule has 1 atom stereocenters. The van der Waals surface area contributed by atoms with Gasteiger partial charge < -0.3 is 10.2 Å². The molecule has 0 fully saturated rings. The first kappa shape index (κ1) is 12.4. The molecule has 0 rings (SSSR count). The molecular weight excluding hydrogens is 184 g/mol. The number of carbonyl (C=O) groups is 2. The van der Waals surface area contributed by atoms with E-state index < -0.39 is 11.9 Å². The van der Waals surface area contributed by atoms with Crippen molar-refractivity contribution in [3.63, 3.8) is 0 Å². The van der Waals surface area contributed by atoms with Crippen LogP contribution in [0, 0.1) is 5.92 Å². The molecule has 1 unspecified atom stereocenters. The lowest BCUT2D eigenvalue weighted by Gasteiger charge is -1.99. The van der Waals surface area contributed by atoms with Crippen molar-refractivity contribution in [3.8, 4) is 0 Å². The SMILES string of the molecule is CC(=CC=CC(C)CC(=O)O)C(=O)O. The van der Waals surface area contributed by atoms with Crippen LogP contribution in [-0.4, -0.2) is 22.2 Å². The van der Waals surface area contributed by atoms with E-state index in [1.165, 1.54) is 13.0 Å². The van der Waals surface area contributed by atoms with Gasteiger partial charge in [0.1, 0.15) is 0 Å². The van der Waals surface area contributed by atoms with Gasteiger partial charge in [-0.3, -0.25) is 4.79 Å². The fourth-order valence-corrected chi connectivity index (χ4v) is 0.804. The fourth-order valence-electron chi connectivity index (χ4n) is 0.804. The number of hydrogen-bond donors (Lipinski definition) is 2. The number of hydrogen-bond acceptors (Lipinski definition) is 2. The third-order valence-corrected chi connectivity index (χ3v) is 1.62. The van der Waals surface area contributed by atoms with Crippen molar-refractivity contribution in [2.45, 2.75) is 20.3 Å². The van der Waals surface area contributed by atoms with E-state index in [0.29, 0.717) is 0 Å². The minimum absolute atomic E-state index is 0.0520. The van der Waals surface area contributed by atoms with Gasteiger partial charge in [0.25, 0.3) is 0 Å². The summed E-state index contributed by atoms with van der Waals surface area (Å²) in [4.78, 5) is 20.6. The standard InChI is InChI=1S/C10H14O4/c1-7(6-9(11)12)4-3-5-8(2)10(13)14/h3-5,7H,6H2,1-2H3,(H,11,12)(H,13,14). The zero-order chi connectivity index (χ0) is 11.1. The van der Waals surface area contributed by atoms with Gasteiger partial charge in [-0.15, -0.1) is 0 Å². The summed E-state index contributed by atoms with van der Waals surface area (Å²) in [5.41, 5.74) is 0.226. The van der Waals surface area contributed by atoms with Gasteiger partial charge in [-0.05, 0) is 12.8 Å². The number of carboxylic acids is 2. The lowest BCUT2D eigenvalue weighted by Crippen LogP contribution is -2.01. The van der Waals surface area contributed by atoms with Crippen LogP contribution in [0.5, 0.6) is 0 Å². The summed E-state index contributed by atoms with van der Waals surface area (Å²) in [7, 11) is 0. The second-order valence-electron chi connectivity index (χ2n) is 3.11. The molecule has 4 heteroatoms. The molecule has 78 valence electrons. The third kappa shape index (κ3) is 5.99. The molecule has 0 heterocycles. The summed E-state index contributed by atoms with van der Waals surface area (Å²) in [5, 5.41) is 16.9. The minimum Gasteiger partial charge on any atom is -0.481 e. The maximum absolute atomic E-state index is 10.4. The van der Waals surface area contributed by atoms with Crippen molar-refractivity contribution < 1.29 is 19.8 Å². The highest BCUT2D eigenvalue weighted by molar-refractivity contribution is 5.86. The van der Waals surface area contributed by atoms with E-state index in [-0.39, 0.29) is 17.9 Å². The van der Waals surface area contributed by atoms with Gasteiger partial charge in [0, 0.05) is 5.57 Å². The summed E-state index contributed by atoms with van der Waals surface area (Å²) in [5.74, 6) is -1.92. The first-order valence-corrected chi connectivity index (χ1v) is 4.23. The topological polar surface area (TPSA) is 74.6 Å². The van der Waals surface area contributed by atoms with Crippen LogP contribution in [0.2, 0.25) is 0 Å². The molecule has 0 aliphatic carbocycles. The van der Waals surface area contributed by atoms with Crippen molar-refractivity contribution in [1.29, 1.82) is 0 Å². The summed E-state index contributed by atoms with van der Waals surface area (Å²) in [6.07, 6.45) is 4.73. The highest BCUT2D eigenvalue weighted by atomic mass is 16.4. The summed E-state index contributed by atoms with van der Waals surface area (Å²) in [6.45, 7) is 3.24. The van der Waals surface area contributed by atoms with Gasteiger partial charge in [-0.25, -0.2) is 4.79 Å². The summed E-state index contributed by atoms with van der Waals surface area (Å²) >= 11 is 0. The maximum Gasteiger partial charge on any atom is 0.331 e. The normalized spacial score (nSPS) is 14.3. The van der Waals surface area contributed by atoms with E-state index >= 15 is 0 Å². The van der Waals surface area contributed by atoms with Crippen molar-refractivity contribution in [1.82, 2.24) is 0 Å². The van der Waals surface area contributed by atoms with Gasteiger partial charge in [0.05, 0.1) is 6.42 Å². The molecule has 0 saturated carbocycles. The number of aliphatic carboxylic acids is 2. The molecule has 2 N–H and O–H groups in total. The summed E-state index contributed by atoms with van der Waals surface area (Å²) < 4.78 is 0. The van der Waals surface area contributed by atoms with Crippen LogP contribution in [0.1, 0.15) is 20.3 Å². The average Bonchev–Trinajstić information content (AvgIpc) is 2.02. The highest BCUT2D eigenvalue weighted by Gasteiger charge is 2.02. The number of carboxylic acid groups (broad SMARTS) is 2. The molecule has 0 aromatic carbocycles. The molecular formula is C10H14O4. The average molecular weight is 198 g/mol. The zero-order valence-electron chi connectivity index (χ0n) is 8.23. The van der Waals surface area contributed by atoms with Gasteiger partial charge in [0.2, 0.25) is 0 Å². The first-order valence-electron chi connectivity index (χ1n) is 4.23. The first-order chi connectivity index (χ1) is 6.43. The Morgan fingerprint density at radius 2 is 1.93 bits per heavy atom. The van der Waals surface area contributed by atoms with Crippen LogP contribution < -0.4 is 0 Å². The third-order valence-electron chi connectivity index (χ3n) is 1.62. The van der Waals surface area contributed by atoms with E-state index in [2.05, 4.69) is 0 Å². The Balaban J connectivity index is 4.11. The van der Waals surface area contributed by atoms with Gasteiger partial charge in [-0.1, -0.05) is 25.2 Å². The maximum atomic E-state index is 10.4. The molecule has 0 aromatic rings. The predicted molar refractivity (Wildman–Crippen MR) is 51.9 cm³/mol. The smallest absolute Gasteiger partial charge is 0.331 e. The predicted octanol–water partition coefficient (Wildman–Crippen LogP) is 1.68. The van der Waals surface area contributed by atoms with Crippen LogP contribution in [0.4, 0.5) is 0 Å². The molecule has 0 aliphatic heterocycles. The Labute approximate surface area is 82.6 Å². The van der Waals surface area contributed by atoms with Crippen molar-refractivity contribution >= 4 is 11.9 Å². The largest absolute Gasteiger partial charge is 0.481 e. The molecule has 0 spiro atoms. The van der Waals surface area contributed by atoms with Crippen molar-refractivity contribution in [2.24, 2.45) is 5.92 Å². The van der Waals surface area contributed by atoms with Crippen molar-refractivity contribution in [2.75, 3.05) is 0 Å². The van der Waals surface area contributed by atoms with Crippen LogP contribution in [0.15, 0.2) is 23.8 Å². The van der Waals surface area contributed by atoms with E-state index in [9.17, 15) is 9.59 Å². The molecule has 14 heavy (non-hydrogen) atoms. The van der Waals surface area contributed by atoms with Crippen LogP contribution in [0.25, 0.3) is 0 Å². The molecule has 0 aliphatic rings. The van der Waals surface area contributed by atoms with E-state index in [1.807, 2.05) is 0 Å². The second kappa shape index (κ2) is 5.96. The molecule has 0 aromatic heterocycles. The molecule has 0 amide bonds. The van der Waals surface area contributed by atoms with Gasteiger partial charge in [-0.2, -0.15) is 0 Å². The van der Waals surface area contributed by atoms with Crippen LogP contribution in [0.3, 0.4) is 0 Å².